The quantitative estimate of drug-likeness (QED) is 0.0715. The Bertz CT molecular complexity index is 2390. The van der Waals surface area contributed by atoms with E-state index in [1.54, 1.807) is 26.8 Å². The molecule has 1 unspecified atom stereocenters. The summed E-state index contributed by atoms with van der Waals surface area (Å²) in [6.07, 6.45) is 4.81. The number of halogens is 1. The van der Waals surface area contributed by atoms with E-state index in [1.165, 1.54) is 0 Å². The molecule has 1 atom stereocenters. The van der Waals surface area contributed by atoms with E-state index in [9.17, 15) is 24.0 Å². The van der Waals surface area contributed by atoms with Gasteiger partial charge in [-0.15, -0.1) is 0 Å². The van der Waals surface area contributed by atoms with E-state index in [2.05, 4.69) is 16.7 Å². The number of Topliss-reactive ketones (excluding diaryl/α,β-unsaturated/α-hetero) is 1. The van der Waals surface area contributed by atoms with Crippen LogP contribution in [0.5, 0.6) is 0 Å². The van der Waals surface area contributed by atoms with E-state index >= 15 is 0 Å². The first-order chi connectivity index (χ1) is 33.5. The highest BCUT2D eigenvalue weighted by Crippen LogP contribution is 2.58. The lowest BCUT2D eigenvalue weighted by Gasteiger charge is -2.59. The molecule has 10 rings (SSSR count). The maximum Gasteiger partial charge on any atom is 0.410 e. The number of amides is 4. The molecular weight excluding hydrogens is 1020 g/mol. The number of benzene rings is 3. The predicted octanol–water partition coefficient (Wildman–Crippen LogP) is 9.94. The van der Waals surface area contributed by atoms with Crippen LogP contribution in [0.1, 0.15) is 114 Å². The number of carbonyl (C=O) groups is 5. The van der Waals surface area contributed by atoms with Gasteiger partial charge in [-0.3, -0.25) is 9.59 Å². The zero-order chi connectivity index (χ0) is 53.0. The highest BCUT2D eigenvalue weighted by molar-refractivity contribution is 14.1. The Labute approximate surface area is 435 Å². The lowest BCUT2D eigenvalue weighted by molar-refractivity contribution is -0.144. The van der Waals surface area contributed by atoms with E-state index < -0.39 is 16.8 Å². The average molecular weight is 1090 g/mol. The highest BCUT2D eigenvalue weighted by Gasteiger charge is 2.58. The third kappa shape index (κ3) is 13.9. The number of alkyl halides is 1. The third-order valence-corrected chi connectivity index (χ3v) is 13.6. The molecule has 0 bridgehead atoms. The monoisotopic (exact) mass is 1090 g/mol. The van der Waals surface area contributed by atoms with Crippen molar-refractivity contribution >= 4 is 81.0 Å². The number of para-hydroxylation sites is 5. The molecule has 71 heavy (non-hydrogen) atoms. The molecule has 0 radical (unpaired) electrons. The predicted molar refractivity (Wildman–Crippen MR) is 288 cm³/mol. The Morgan fingerprint density at radius 3 is 1.41 bits per heavy atom. The average Bonchev–Trinajstić information content (AvgIpc) is 3.51. The number of nitrogen functional groups attached to an aromatic ring is 3. The topological polar surface area (TPSA) is 225 Å². The summed E-state index contributed by atoms with van der Waals surface area (Å²) in [5.41, 5.74) is 21.2. The van der Waals surface area contributed by atoms with E-state index in [0.717, 1.165) is 74.5 Å². The first kappa shape index (κ1) is 53.3. The lowest BCUT2D eigenvalue weighted by atomic mass is 9.54. The Hall–Kier alpha value is -5.46. The summed E-state index contributed by atoms with van der Waals surface area (Å²) in [5, 5.41) is 6.48. The van der Waals surface area contributed by atoms with Crippen LogP contribution in [0.15, 0.2) is 72.8 Å². The number of rotatable bonds is 3. The molecule has 17 heteroatoms. The summed E-state index contributed by atoms with van der Waals surface area (Å²) in [7, 11) is 0. The van der Waals surface area contributed by atoms with Crippen molar-refractivity contribution < 1.29 is 39.6 Å². The number of nitrogens with zero attached hydrogens (tertiary/aromatic N) is 3. The standard InChI is InChI=1S/C19H24N2O3.C17H25N3O2.C11H17NO3.C6H8N2.CH3I/c1-18(2,3)24-17(23)21-10-19(11-21)8-12(9-19)15-13-6-4-5-7-14(13)20-16(15)22;1-16(2,3)22-15(21)20-10-17(11-20)8-12(9-17)19-14-7-5-4-6-13(14)18;1-10(2,3)15-9(14)12-6-11(7-12)4-8(13)5-11;7-5-3-1-2-4-6(5)8;1-2/h4-7,12,15H,8-11H2,1-3H3,(H,20,22);4-7,12,19H,8-11,18H2,1-3H3;4-7H2,1-3H3;1-4H,7-8H2;1H3/i;;;;1D. The number of hydrogen-bond acceptors (Lipinski definition) is 12. The van der Waals surface area contributed by atoms with Crippen LogP contribution in [-0.2, 0) is 23.8 Å². The normalized spacial score (nSPS) is 20.9. The van der Waals surface area contributed by atoms with Gasteiger partial charge in [-0.1, -0.05) is 65.1 Å². The maximum absolute atomic E-state index is 12.3. The van der Waals surface area contributed by atoms with Crippen molar-refractivity contribution in [1.82, 2.24) is 14.7 Å². The second kappa shape index (κ2) is 21.3. The van der Waals surface area contributed by atoms with Crippen molar-refractivity contribution in [3.63, 3.8) is 0 Å². The van der Waals surface area contributed by atoms with Crippen LogP contribution in [0.25, 0.3) is 0 Å². The number of nitrogens with one attached hydrogen (secondary N) is 2. The minimum atomic E-state index is -0.451. The van der Waals surface area contributed by atoms with Gasteiger partial charge in [0, 0.05) is 81.5 Å². The van der Waals surface area contributed by atoms with E-state index in [1.807, 2.05) is 140 Å². The van der Waals surface area contributed by atoms with Crippen molar-refractivity contribution in [2.24, 2.45) is 22.2 Å². The zero-order valence-electron chi connectivity index (χ0n) is 44.1. The van der Waals surface area contributed by atoms with Gasteiger partial charge in [0.1, 0.15) is 22.6 Å². The largest absolute Gasteiger partial charge is 0.444 e. The van der Waals surface area contributed by atoms with E-state index in [4.69, 9.17) is 32.8 Å². The Kier molecular flexibility index (Phi) is 16.0. The van der Waals surface area contributed by atoms with Gasteiger partial charge in [0.05, 0.1) is 28.7 Å². The maximum atomic E-state index is 12.3. The minimum absolute atomic E-state index is 0.0256. The number of anilines is 5. The van der Waals surface area contributed by atoms with Crippen LogP contribution in [0.2, 0.25) is 0 Å². The molecule has 4 aliphatic heterocycles. The van der Waals surface area contributed by atoms with E-state index in [0.29, 0.717) is 60.0 Å². The molecule has 3 aliphatic carbocycles. The summed E-state index contributed by atoms with van der Waals surface area (Å²) in [4.78, 5) is 64.5. The van der Waals surface area contributed by atoms with Crippen molar-refractivity contribution in [3.8, 4) is 0 Å². The van der Waals surface area contributed by atoms with Crippen molar-refractivity contribution in [1.29, 1.82) is 0 Å². The van der Waals surface area contributed by atoms with Gasteiger partial charge >= 0.3 is 18.3 Å². The molecular formula is C54H77IN8O8. The van der Waals surface area contributed by atoms with Crippen molar-refractivity contribution in [2.45, 2.75) is 130 Å². The lowest BCUT2D eigenvalue weighted by Crippen LogP contribution is -2.66. The number of likely N-dealkylation sites (tertiary alicyclic amines) is 3. The van der Waals surface area contributed by atoms with Gasteiger partial charge < -0.3 is 56.7 Å². The van der Waals surface area contributed by atoms with Crippen molar-refractivity contribution in [3.05, 3.63) is 78.4 Å². The number of carbonyl (C=O) groups excluding carboxylic acids is 5. The number of ketones is 1. The summed E-state index contributed by atoms with van der Waals surface area (Å²) >= 11 is 1.96. The number of nitrogens with two attached hydrogens (primary N) is 3. The molecule has 4 heterocycles. The number of hydrogen-bond donors (Lipinski definition) is 5. The first-order valence-electron chi connectivity index (χ1n) is 25.2. The molecule has 4 amide bonds. The van der Waals surface area contributed by atoms with Gasteiger partial charge in [0.2, 0.25) is 5.91 Å². The van der Waals surface area contributed by atoms with Gasteiger partial charge in [-0.05, 0) is 135 Å². The number of fused-ring (bicyclic) bond motifs is 1. The second-order valence-electron chi connectivity index (χ2n) is 23.6. The molecule has 3 saturated carbocycles. The molecule has 3 spiro atoms. The Morgan fingerprint density at radius 1 is 0.620 bits per heavy atom. The molecule has 3 saturated heterocycles. The van der Waals surface area contributed by atoms with Crippen LogP contribution < -0.4 is 27.8 Å². The summed E-state index contributed by atoms with van der Waals surface area (Å²) < 4.78 is 22.2. The van der Waals surface area contributed by atoms with Gasteiger partial charge in [-0.25, -0.2) is 14.4 Å². The van der Waals surface area contributed by atoms with Crippen molar-refractivity contribution in [2.75, 3.05) is 72.0 Å². The molecule has 0 aromatic heterocycles. The Balaban J connectivity index is 0.000000162. The summed E-state index contributed by atoms with van der Waals surface area (Å²) in [6.45, 7) is 21.4. The van der Waals surface area contributed by atoms with Gasteiger partial charge in [0.15, 0.2) is 0 Å². The molecule has 3 aromatic carbocycles. The summed E-state index contributed by atoms with van der Waals surface area (Å²) in [6, 6.07) is 23.5. The fourth-order valence-corrected chi connectivity index (χ4v) is 10.6. The second-order valence-corrected chi connectivity index (χ2v) is 23.6. The van der Waals surface area contributed by atoms with Crippen LogP contribution in [-0.4, -0.2) is 112 Å². The molecule has 3 aromatic rings. The van der Waals surface area contributed by atoms with E-state index in [-0.39, 0.29) is 46.3 Å². The molecule has 7 aliphatic rings. The highest BCUT2D eigenvalue weighted by atomic mass is 127. The minimum Gasteiger partial charge on any atom is -0.444 e. The molecule has 8 N–H and O–H groups in total. The first-order valence-corrected chi connectivity index (χ1v) is 26.0. The Morgan fingerprint density at radius 2 is 1.00 bits per heavy atom. The molecule has 6 fully saturated rings. The smallest absolute Gasteiger partial charge is 0.410 e. The van der Waals surface area contributed by atoms with Crippen LogP contribution >= 0.6 is 22.6 Å². The summed E-state index contributed by atoms with van der Waals surface area (Å²) in [5.74, 6) is 0.801. The van der Waals surface area contributed by atoms with Gasteiger partial charge in [-0.2, -0.15) is 0 Å². The SMILES string of the molecule is CC(C)(C)OC(=O)N1CC2(CC(=O)C2)C1.CC(C)(C)OC(=O)N1CC2(CC(C3C(=O)Nc4ccccc43)C2)C1.CC(C)(C)OC(=O)N1CC2(CC(Nc3ccccc3N)C2)C1.Nc1ccccc1N.[2H]CI. The fourth-order valence-electron chi connectivity index (χ4n) is 10.6. The zero-order valence-corrected chi connectivity index (χ0v) is 45.2. The third-order valence-electron chi connectivity index (χ3n) is 13.6. The van der Waals surface area contributed by atoms with Crippen LogP contribution in [0.4, 0.5) is 42.8 Å². The van der Waals surface area contributed by atoms with Crippen LogP contribution in [0, 0.1) is 22.2 Å². The number of ether oxygens (including phenoxy) is 3. The molecule has 16 nitrogen and oxygen atoms in total. The van der Waals surface area contributed by atoms with Gasteiger partial charge in [0.25, 0.3) is 0 Å². The van der Waals surface area contributed by atoms with Crippen LogP contribution in [0.3, 0.4) is 0 Å². The molecule has 388 valence electrons. The fraction of sp³-hybridized carbons (Fsp3) is 0.574.